The Kier molecular flexibility index (Phi) is 5.32. The van der Waals surface area contributed by atoms with Crippen LogP contribution in [0.4, 0.5) is 0 Å². The lowest BCUT2D eigenvalue weighted by atomic mass is 10.3. The van der Waals surface area contributed by atoms with E-state index in [-0.39, 0.29) is 12.5 Å². The van der Waals surface area contributed by atoms with Gasteiger partial charge < -0.3 is 9.64 Å². The van der Waals surface area contributed by atoms with Crippen LogP contribution in [0, 0.1) is 0 Å². The normalized spacial score (nSPS) is 9.94. The fraction of sp³-hybridized carbons (Fsp3) is 0.417. The Morgan fingerprint density at radius 1 is 1.31 bits per heavy atom. The molecule has 0 aromatic heterocycles. The Balaban J connectivity index is 2.52. The molecule has 3 nitrogen and oxygen atoms in total. The molecule has 0 aliphatic heterocycles. The van der Waals surface area contributed by atoms with E-state index in [1.165, 1.54) is 0 Å². The Morgan fingerprint density at radius 2 is 1.94 bits per heavy atom. The van der Waals surface area contributed by atoms with Crippen molar-refractivity contribution in [2.24, 2.45) is 0 Å². The number of carbonyl (C=O) groups is 1. The van der Waals surface area contributed by atoms with Gasteiger partial charge in [-0.15, -0.1) is 0 Å². The average Bonchev–Trinajstić information content (AvgIpc) is 2.29. The predicted octanol–water partition coefficient (Wildman–Crippen LogP) is 2.70. The van der Waals surface area contributed by atoms with E-state index in [1.54, 1.807) is 4.90 Å². The lowest BCUT2D eigenvalue weighted by molar-refractivity contribution is -0.132. The van der Waals surface area contributed by atoms with Gasteiger partial charge in [0.25, 0.3) is 5.91 Å². The first-order valence-electron chi connectivity index (χ1n) is 5.34. The SMILES string of the molecule is CCN(CC)C(=O)COc1ccccc1Br. The maximum atomic E-state index is 11.7. The van der Waals surface area contributed by atoms with Gasteiger partial charge in [-0.2, -0.15) is 0 Å². The first-order valence-corrected chi connectivity index (χ1v) is 6.13. The lowest BCUT2D eigenvalue weighted by Crippen LogP contribution is -2.34. The van der Waals surface area contributed by atoms with Crippen molar-refractivity contribution < 1.29 is 9.53 Å². The van der Waals surface area contributed by atoms with Crippen LogP contribution in [-0.4, -0.2) is 30.5 Å². The monoisotopic (exact) mass is 285 g/mol. The average molecular weight is 286 g/mol. The summed E-state index contributed by atoms with van der Waals surface area (Å²) in [6.45, 7) is 5.44. The molecule has 1 aromatic rings. The van der Waals surface area contributed by atoms with Gasteiger partial charge in [-0.1, -0.05) is 12.1 Å². The third-order valence-corrected chi connectivity index (χ3v) is 2.96. The summed E-state index contributed by atoms with van der Waals surface area (Å²) in [5, 5.41) is 0. The second kappa shape index (κ2) is 6.53. The molecule has 4 heteroatoms. The van der Waals surface area contributed by atoms with Crippen molar-refractivity contribution >= 4 is 21.8 Å². The highest BCUT2D eigenvalue weighted by Gasteiger charge is 2.10. The molecule has 0 heterocycles. The summed E-state index contributed by atoms with van der Waals surface area (Å²) in [7, 11) is 0. The molecule has 0 fully saturated rings. The standard InChI is InChI=1S/C12H16BrNO2/c1-3-14(4-2)12(15)9-16-11-8-6-5-7-10(11)13/h5-8H,3-4,9H2,1-2H3. The number of para-hydroxylation sites is 1. The molecule has 16 heavy (non-hydrogen) atoms. The Bertz CT molecular complexity index is 351. The maximum Gasteiger partial charge on any atom is 0.260 e. The van der Waals surface area contributed by atoms with E-state index in [0.717, 1.165) is 4.47 Å². The van der Waals surface area contributed by atoms with Crippen molar-refractivity contribution in [1.82, 2.24) is 4.90 Å². The molecule has 0 aliphatic carbocycles. The topological polar surface area (TPSA) is 29.5 Å². The van der Waals surface area contributed by atoms with Crippen molar-refractivity contribution in [3.8, 4) is 5.75 Å². The van der Waals surface area contributed by atoms with Crippen LogP contribution < -0.4 is 4.74 Å². The number of ether oxygens (including phenoxy) is 1. The minimum absolute atomic E-state index is 0.0146. The van der Waals surface area contributed by atoms with Crippen LogP contribution in [-0.2, 0) is 4.79 Å². The quantitative estimate of drug-likeness (QED) is 0.833. The molecule has 0 saturated heterocycles. The van der Waals surface area contributed by atoms with Gasteiger partial charge in [-0.05, 0) is 41.9 Å². The number of carbonyl (C=O) groups excluding carboxylic acids is 1. The number of hydrogen-bond donors (Lipinski definition) is 0. The fourth-order valence-electron chi connectivity index (χ4n) is 1.37. The van der Waals surface area contributed by atoms with Gasteiger partial charge in [0, 0.05) is 13.1 Å². The molecule has 1 aromatic carbocycles. The second-order valence-electron chi connectivity index (χ2n) is 3.29. The van der Waals surface area contributed by atoms with Crippen molar-refractivity contribution in [3.05, 3.63) is 28.7 Å². The van der Waals surface area contributed by atoms with Gasteiger partial charge in [0.15, 0.2) is 6.61 Å². The van der Waals surface area contributed by atoms with Crippen LogP contribution in [0.2, 0.25) is 0 Å². The number of benzene rings is 1. The molecule has 0 N–H and O–H groups in total. The number of amides is 1. The molecular formula is C12H16BrNO2. The van der Waals surface area contributed by atoms with Gasteiger partial charge in [-0.3, -0.25) is 4.79 Å². The molecule has 88 valence electrons. The molecule has 0 atom stereocenters. The minimum atomic E-state index is 0.0146. The van der Waals surface area contributed by atoms with E-state index in [0.29, 0.717) is 18.8 Å². The number of hydrogen-bond acceptors (Lipinski definition) is 2. The van der Waals surface area contributed by atoms with Crippen LogP contribution in [0.5, 0.6) is 5.75 Å². The largest absolute Gasteiger partial charge is 0.483 e. The van der Waals surface area contributed by atoms with Gasteiger partial charge in [0.2, 0.25) is 0 Å². The van der Waals surface area contributed by atoms with Crippen LogP contribution in [0.1, 0.15) is 13.8 Å². The fourth-order valence-corrected chi connectivity index (χ4v) is 1.77. The van der Waals surface area contributed by atoms with Gasteiger partial charge in [0.1, 0.15) is 5.75 Å². The number of halogens is 1. The molecule has 0 spiro atoms. The number of rotatable bonds is 5. The summed E-state index contributed by atoms with van der Waals surface area (Å²) in [6, 6.07) is 7.50. The second-order valence-corrected chi connectivity index (χ2v) is 4.14. The van der Waals surface area contributed by atoms with Gasteiger partial charge in [-0.25, -0.2) is 0 Å². The van der Waals surface area contributed by atoms with Crippen molar-refractivity contribution in [2.45, 2.75) is 13.8 Å². The van der Waals surface area contributed by atoms with E-state index in [4.69, 9.17) is 4.74 Å². The molecule has 1 amide bonds. The first-order chi connectivity index (χ1) is 7.69. The summed E-state index contributed by atoms with van der Waals surface area (Å²) in [5.74, 6) is 0.712. The summed E-state index contributed by atoms with van der Waals surface area (Å²) < 4.78 is 6.31. The zero-order valence-corrected chi connectivity index (χ0v) is 11.2. The lowest BCUT2D eigenvalue weighted by Gasteiger charge is -2.18. The minimum Gasteiger partial charge on any atom is -0.483 e. The molecule has 0 radical (unpaired) electrons. The van der Waals surface area contributed by atoms with E-state index in [9.17, 15) is 4.79 Å². The van der Waals surface area contributed by atoms with E-state index >= 15 is 0 Å². The smallest absolute Gasteiger partial charge is 0.260 e. The first kappa shape index (κ1) is 13.0. The zero-order valence-electron chi connectivity index (χ0n) is 9.57. The Labute approximate surface area is 105 Å². The third kappa shape index (κ3) is 3.52. The van der Waals surface area contributed by atoms with Crippen LogP contribution in [0.25, 0.3) is 0 Å². The highest BCUT2D eigenvalue weighted by molar-refractivity contribution is 9.10. The summed E-state index contributed by atoms with van der Waals surface area (Å²) in [6.07, 6.45) is 0. The van der Waals surface area contributed by atoms with Crippen molar-refractivity contribution in [1.29, 1.82) is 0 Å². The summed E-state index contributed by atoms with van der Waals surface area (Å²) >= 11 is 3.37. The van der Waals surface area contributed by atoms with Gasteiger partial charge in [0.05, 0.1) is 4.47 Å². The van der Waals surface area contributed by atoms with Gasteiger partial charge >= 0.3 is 0 Å². The molecule has 0 unspecified atom stereocenters. The maximum absolute atomic E-state index is 11.7. The molecule has 1 rings (SSSR count). The third-order valence-electron chi connectivity index (χ3n) is 2.30. The Hall–Kier alpha value is -1.03. The molecule has 0 bridgehead atoms. The highest BCUT2D eigenvalue weighted by Crippen LogP contribution is 2.23. The molecule has 0 aliphatic rings. The number of likely N-dealkylation sites (N-methyl/N-ethyl adjacent to an activating group) is 1. The van der Waals surface area contributed by atoms with E-state index in [2.05, 4.69) is 15.9 Å². The van der Waals surface area contributed by atoms with Crippen LogP contribution >= 0.6 is 15.9 Å². The summed E-state index contributed by atoms with van der Waals surface area (Å²) in [5.41, 5.74) is 0. The molecular weight excluding hydrogens is 270 g/mol. The van der Waals surface area contributed by atoms with Crippen molar-refractivity contribution in [2.75, 3.05) is 19.7 Å². The summed E-state index contributed by atoms with van der Waals surface area (Å²) in [4.78, 5) is 13.4. The molecule has 0 saturated carbocycles. The van der Waals surface area contributed by atoms with Crippen molar-refractivity contribution in [3.63, 3.8) is 0 Å². The number of nitrogens with zero attached hydrogens (tertiary/aromatic N) is 1. The van der Waals surface area contributed by atoms with E-state index in [1.807, 2.05) is 38.1 Å². The van der Waals surface area contributed by atoms with Crippen LogP contribution in [0.3, 0.4) is 0 Å². The highest BCUT2D eigenvalue weighted by atomic mass is 79.9. The van der Waals surface area contributed by atoms with Crippen LogP contribution in [0.15, 0.2) is 28.7 Å². The van der Waals surface area contributed by atoms with E-state index < -0.39 is 0 Å². The predicted molar refractivity (Wildman–Crippen MR) is 67.6 cm³/mol. The Morgan fingerprint density at radius 3 is 2.50 bits per heavy atom. The zero-order chi connectivity index (χ0) is 12.0.